The van der Waals surface area contributed by atoms with Crippen molar-refractivity contribution in [3.63, 3.8) is 0 Å². The third-order valence-electron chi connectivity index (χ3n) is 5.11. The van der Waals surface area contributed by atoms with Crippen LogP contribution in [0.1, 0.15) is 32.7 Å². The zero-order valence-electron chi connectivity index (χ0n) is 16.1. The summed E-state index contributed by atoms with van der Waals surface area (Å²) in [6, 6.07) is 9.44. The fourth-order valence-corrected chi connectivity index (χ4v) is 4.84. The standard InChI is InChI=1S/C20H17ClN4O4S/c1-11-4-3-5-18(12(11)2)24-19(15-9-30(29)10-17(15)23-24)22-20(26)14-8-13(25(27)28)6-7-16(14)21/h3-8H,9-10H2,1-2H3,(H,22,26). The van der Waals surface area contributed by atoms with Crippen molar-refractivity contribution in [1.82, 2.24) is 9.78 Å². The number of amides is 1. The van der Waals surface area contributed by atoms with Gasteiger partial charge in [0, 0.05) is 28.5 Å². The van der Waals surface area contributed by atoms with Gasteiger partial charge < -0.3 is 5.32 Å². The molecule has 0 radical (unpaired) electrons. The average Bonchev–Trinajstić information content (AvgIpc) is 3.21. The zero-order valence-corrected chi connectivity index (χ0v) is 17.7. The van der Waals surface area contributed by atoms with Crippen LogP contribution in [0.5, 0.6) is 0 Å². The fraction of sp³-hybridized carbons (Fsp3) is 0.200. The highest BCUT2D eigenvalue weighted by atomic mass is 35.5. The van der Waals surface area contributed by atoms with E-state index >= 15 is 0 Å². The number of nitrogens with one attached hydrogen (secondary N) is 1. The molecule has 8 nitrogen and oxygen atoms in total. The monoisotopic (exact) mass is 444 g/mol. The van der Waals surface area contributed by atoms with Crippen molar-refractivity contribution in [2.45, 2.75) is 25.4 Å². The molecule has 0 saturated heterocycles. The lowest BCUT2D eigenvalue weighted by Gasteiger charge is -2.14. The predicted octanol–water partition coefficient (Wildman–Crippen LogP) is 4.07. The number of benzene rings is 2. The summed E-state index contributed by atoms with van der Waals surface area (Å²) in [5, 5.41) is 18.6. The van der Waals surface area contributed by atoms with Crippen LogP contribution in [-0.2, 0) is 22.3 Å². The average molecular weight is 445 g/mol. The lowest BCUT2D eigenvalue weighted by molar-refractivity contribution is -0.384. The highest BCUT2D eigenvalue weighted by Gasteiger charge is 2.29. The van der Waals surface area contributed by atoms with Crippen LogP contribution in [0.15, 0.2) is 36.4 Å². The number of non-ortho nitro benzene ring substituents is 1. The first-order valence-electron chi connectivity index (χ1n) is 9.04. The minimum atomic E-state index is -1.09. The number of hydrogen-bond acceptors (Lipinski definition) is 5. The van der Waals surface area contributed by atoms with Gasteiger partial charge in [-0.2, -0.15) is 5.10 Å². The molecular formula is C20H17ClN4O4S. The Morgan fingerprint density at radius 2 is 2.03 bits per heavy atom. The first-order chi connectivity index (χ1) is 14.3. The Kier molecular flexibility index (Phi) is 5.17. The van der Waals surface area contributed by atoms with E-state index in [0.29, 0.717) is 22.8 Å². The molecule has 1 N–H and O–H groups in total. The molecule has 0 bridgehead atoms. The first kappa shape index (κ1) is 20.2. The second-order valence-electron chi connectivity index (χ2n) is 7.01. The number of nitrogens with zero attached hydrogens (tertiary/aromatic N) is 3. The minimum absolute atomic E-state index is 0.0209. The Morgan fingerprint density at radius 3 is 2.77 bits per heavy atom. The van der Waals surface area contributed by atoms with E-state index in [1.807, 2.05) is 32.0 Å². The third kappa shape index (κ3) is 3.50. The van der Waals surface area contributed by atoms with Crippen LogP contribution in [0.4, 0.5) is 11.5 Å². The molecule has 0 spiro atoms. The summed E-state index contributed by atoms with van der Waals surface area (Å²) in [5.74, 6) is 0.388. The Bertz CT molecular complexity index is 1240. The Hall–Kier alpha value is -3.04. The lowest BCUT2D eigenvalue weighted by atomic mass is 10.1. The number of aryl methyl sites for hydroxylation is 1. The van der Waals surface area contributed by atoms with E-state index < -0.39 is 21.6 Å². The molecular weight excluding hydrogens is 428 g/mol. The lowest BCUT2D eigenvalue weighted by Crippen LogP contribution is -2.17. The summed E-state index contributed by atoms with van der Waals surface area (Å²) >= 11 is 6.12. The molecule has 1 aliphatic rings. The predicted molar refractivity (Wildman–Crippen MR) is 115 cm³/mol. The van der Waals surface area contributed by atoms with Crippen molar-refractivity contribution >= 4 is 39.8 Å². The minimum Gasteiger partial charge on any atom is -0.306 e. The van der Waals surface area contributed by atoms with Gasteiger partial charge in [0.25, 0.3) is 11.6 Å². The number of carbonyl (C=O) groups is 1. The number of carbonyl (C=O) groups excluding carboxylic acids is 1. The van der Waals surface area contributed by atoms with Crippen molar-refractivity contribution < 1.29 is 13.9 Å². The number of aromatic nitrogens is 2. The van der Waals surface area contributed by atoms with E-state index in [1.54, 1.807) is 4.68 Å². The van der Waals surface area contributed by atoms with Crippen LogP contribution in [0.2, 0.25) is 5.02 Å². The molecule has 154 valence electrons. The molecule has 0 aliphatic carbocycles. The summed E-state index contributed by atoms with van der Waals surface area (Å²) in [5.41, 5.74) is 3.94. The molecule has 1 amide bonds. The molecule has 0 saturated carbocycles. The van der Waals surface area contributed by atoms with Crippen molar-refractivity contribution in [3.8, 4) is 5.69 Å². The normalized spacial score (nSPS) is 15.1. The van der Waals surface area contributed by atoms with Crippen LogP contribution in [-0.4, -0.2) is 24.8 Å². The van der Waals surface area contributed by atoms with Gasteiger partial charge in [-0.1, -0.05) is 23.7 Å². The molecule has 2 heterocycles. The van der Waals surface area contributed by atoms with Gasteiger partial charge in [0.2, 0.25) is 0 Å². The van der Waals surface area contributed by atoms with Crippen molar-refractivity contribution in [2.24, 2.45) is 0 Å². The zero-order chi connectivity index (χ0) is 21.6. The van der Waals surface area contributed by atoms with Gasteiger partial charge in [-0.3, -0.25) is 19.1 Å². The topological polar surface area (TPSA) is 107 Å². The molecule has 2 aromatic carbocycles. The molecule has 1 atom stereocenters. The molecule has 1 aliphatic heterocycles. The van der Waals surface area contributed by atoms with Crippen LogP contribution in [0.25, 0.3) is 5.69 Å². The van der Waals surface area contributed by atoms with Gasteiger partial charge in [-0.25, -0.2) is 4.68 Å². The molecule has 1 unspecified atom stereocenters. The number of rotatable bonds is 4. The van der Waals surface area contributed by atoms with E-state index in [9.17, 15) is 19.1 Å². The largest absolute Gasteiger partial charge is 0.306 e. The molecule has 1 aromatic heterocycles. The van der Waals surface area contributed by atoms with Gasteiger partial charge in [-0.15, -0.1) is 0 Å². The Balaban J connectivity index is 1.80. The summed E-state index contributed by atoms with van der Waals surface area (Å²) in [6.45, 7) is 3.94. The molecule has 4 rings (SSSR count). The molecule has 10 heteroatoms. The third-order valence-corrected chi connectivity index (χ3v) is 6.65. The van der Waals surface area contributed by atoms with E-state index in [0.717, 1.165) is 22.9 Å². The number of anilines is 1. The van der Waals surface area contributed by atoms with Crippen molar-refractivity contribution in [2.75, 3.05) is 5.32 Å². The summed E-state index contributed by atoms with van der Waals surface area (Å²) < 4.78 is 13.7. The maximum absolute atomic E-state index is 13.0. The molecule has 3 aromatic rings. The number of halogens is 1. The number of nitro benzene ring substituents is 1. The fourth-order valence-electron chi connectivity index (χ4n) is 3.37. The Morgan fingerprint density at radius 1 is 1.27 bits per heavy atom. The van der Waals surface area contributed by atoms with Gasteiger partial charge in [0.15, 0.2) is 0 Å². The molecule has 30 heavy (non-hydrogen) atoms. The smallest absolute Gasteiger partial charge is 0.270 e. The Labute approximate surface area is 179 Å². The van der Waals surface area contributed by atoms with Crippen LogP contribution < -0.4 is 5.32 Å². The maximum Gasteiger partial charge on any atom is 0.270 e. The SMILES string of the molecule is Cc1cccc(-n2nc3c(c2NC(=O)c2cc([N+](=O)[O-])ccc2Cl)CS(=O)C3)c1C. The van der Waals surface area contributed by atoms with Crippen molar-refractivity contribution in [3.05, 3.63) is 79.5 Å². The number of nitro groups is 1. The summed E-state index contributed by atoms with van der Waals surface area (Å²) in [4.78, 5) is 23.5. The van der Waals surface area contributed by atoms with Crippen LogP contribution >= 0.6 is 11.6 Å². The molecule has 0 fully saturated rings. The highest BCUT2D eigenvalue weighted by molar-refractivity contribution is 7.83. The number of fused-ring (bicyclic) bond motifs is 1. The van der Waals surface area contributed by atoms with Gasteiger partial charge in [-0.05, 0) is 37.1 Å². The van der Waals surface area contributed by atoms with Gasteiger partial charge >= 0.3 is 0 Å². The second-order valence-corrected chi connectivity index (χ2v) is 8.87. The quantitative estimate of drug-likeness (QED) is 0.482. The van der Waals surface area contributed by atoms with Crippen LogP contribution in [0.3, 0.4) is 0 Å². The second kappa shape index (κ2) is 7.66. The first-order valence-corrected chi connectivity index (χ1v) is 10.9. The summed E-state index contributed by atoms with van der Waals surface area (Å²) in [7, 11) is -1.09. The van der Waals surface area contributed by atoms with E-state index in [2.05, 4.69) is 10.4 Å². The van der Waals surface area contributed by atoms with E-state index in [1.165, 1.54) is 12.1 Å². The van der Waals surface area contributed by atoms with Crippen LogP contribution in [0, 0.1) is 24.0 Å². The van der Waals surface area contributed by atoms with Crippen molar-refractivity contribution in [1.29, 1.82) is 0 Å². The maximum atomic E-state index is 13.0. The highest BCUT2D eigenvalue weighted by Crippen LogP contribution is 2.33. The van der Waals surface area contributed by atoms with E-state index in [4.69, 9.17) is 11.6 Å². The van der Waals surface area contributed by atoms with Gasteiger partial charge in [0.05, 0.1) is 38.4 Å². The number of hydrogen-bond donors (Lipinski definition) is 1. The van der Waals surface area contributed by atoms with Gasteiger partial charge in [0.1, 0.15) is 5.82 Å². The van der Waals surface area contributed by atoms with E-state index in [-0.39, 0.29) is 22.0 Å². The summed E-state index contributed by atoms with van der Waals surface area (Å²) in [6.07, 6.45) is 0.